The highest BCUT2D eigenvalue weighted by Crippen LogP contribution is 2.10. The molecule has 1 aromatic heterocycles. The highest BCUT2D eigenvalue weighted by molar-refractivity contribution is 5.91. The van der Waals surface area contributed by atoms with E-state index in [4.69, 9.17) is 0 Å². The Hall–Kier alpha value is -3.15. The predicted octanol–water partition coefficient (Wildman–Crippen LogP) is 0.0425. The van der Waals surface area contributed by atoms with E-state index in [1.165, 1.54) is 18.2 Å². The number of H-pyrrole nitrogens is 1. The van der Waals surface area contributed by atoms with Crippen molar-refractivity contribution in [3.05, 3.63) is 74.9 Å². The lowest BCUT2D eigenvalue weighted by molar-refractivity contribution is -0.255. The third-order valence-electron chi connectivity index (χ3n) is 3.15. The van der Waals surface area contributed by atoms with Crippen LogP contribution in [-0.4, -0.2) is 15.5 Å². The summed E-state index contributed by atoms with van der Waals surface area (Å²) in [6, 6.07) is 12.3. The smallest absolute Gasteiger partial charge is 0.333 e. The van der Waals surface area contributed by atoms with E-state index >= 15 is 0 Å². The van der Waals surface area contributed by atoms with Crippen LogP contribution in [0.3, 0.4) is 0 Å². The summed E-state index contributed by atoms with van der Waals surface area (Å²) in [5.41, 5.74) is -0.637. The largest absolute Gasteiger partial charge is 0.545 e. The molecule has 0 saturated heterocycles. The van der Waals surface area contributed by atoms with Crippen molar-refractivity contribution in [3.63, 3.8) is 0 Å². The number of fused-ring (bicyclic) bond motifs is 1. The second kappa shape index (κ2) is 4.75. The van der Waals surface area contributed by atoms with Crippen LogP contribution in [0.25, 0.3) is 16.6 Å². The number of aromatic amines is 1. The number of nitrogens with zero attached hydrogens (tertiary/aromatic N) is 1. The van der Waals surface area contributed by atoms with Gasteiger partial charge in [-0.2, -0.15) is 0 Å². The van der Waals surface area contributed by atoms with Gasteiger partial charge in [-0.25, -0.2) is 9.36 Å². The second-order valence-electron chi connectivity index (χ2n) is 4.45. The Morgan fingerprint density at radius 1 is 1.05 bits per heavy atom. The zero-order valence-electron chi connectivity index (χ0n) is 10.7. The van der Waals surface area contributed by atoms with Crippen LogP contribution in [0.1, 0.15) is 10.4 Å². The number of hydrogen-bond donors (Lipinski definition) is 1. The summed E-state index contributed by atoms with van der Waals surface area (Å²) in [5.74, 6) is -1.37. The first kappa shape index (κ1) is 12.9. The maximum absolute atomic E-state index is 12.4. The van der Waals surface area contributed by atoms with E-state index in [1.807, 2.05) is 0 Å². The molecule has 6 nitrogen and oxygen atoms in total. The first-order valence-corrected chi connectivity index (χ1v) is 6.14. The van der Waals surface area contributed by atoms with Gasteiger partial charge >= 0.3 is 5.69 Å². The zero-order chi connectivity index (χ0) is 15.0. The summed E-state index contributed by atoms with van der Waals surface area (Å²) in [5, 5.41) is 11.0. The van der Waals surface area contributed by atoms with Crippen molar-refractivity contribution in [1.82, 2.24) is 9.55 Å². The fraction of sp³-hybridized carbons (Fsp3) is 0. The van der Waals surface area contributed by atoms with Crippen molar-refractivity contribution in [1.29, 1.82) is 0 Å². The first-order chi connectivity index (χ1) is 10.1. The number of carbonyl (C=O) groups excluding carboxylic acids is 1. The predicted molar refractivity (Wildman–Crippen MR) is 74.5 cm³/mol. The molecule has 0 atom stereocenters. The summed E-state index contributed by atoms with van der Waals surface area (Å²) in [4.78, 5) is 37.8. The van der Waals surface area contributed by atoms with Gasteiger partial charge in [-0.3, -0.25) is 4.79 Å². The average Bonchev–Trinajstić information content (AvgIpc) is 2.47. The van der Waals surface area contributed by atoms with E-state index in [2.05, 4.69) is 4.98 Å². The van der Waals surface area contributed by atoms with Gasteiger partial charge in [0.25, 0.3) is 5.56 Å². The van der Waals surface area contributed by atoms with Gasteiger partial charge in [0, 0.05) is 0 Å². The molecule has 2 aromatic carbocycles. The van der Waals surface area contributed by atoms with Crippen LogP contribution >= 0.6 is 0 Å². The second-order valence-corrected chi connectivity index (χ2v) is 4.45. The van der Waals surface area contributed by atoms with Crippen molar-refractivity contribution in [2.24, 2.45) is 0 Å². The Balaban J connectivity index is 2.36. The molecule has 0 bridgehead atoms. The van der Waals surface area contributed by atoms with Gasteiger partial charge in [-0.1, -0.05) is 24.3 Å². The molecule has 0 unspecified atom stereocenters. The lowest BCUT2D eigenvalue weighted by Gasteiger charge is -2.08. The standard InChI is InChI=1S/C15H10N2O4/c18-13-11-7-6-9(14(19)20)8-12(11)16-15(21)17(13)10-4-2-1-3-5-10/h1-8H,(H,16,21)(H,19,20)/p-1. The van der Waals surface area contributed by atoms with E-state index in [0.717, 1.165) is 4.57 Å². The number of rotatable bonds is 2. The number of hydrogen-bond acceptors (Lipinski definition) is 4. The van der Waals surface area contributed by atoms with Gasteiger partial charge in [0.05, 0.1) is 22.6 Å². The molecule has 0 amide bonds. The summed E-state index contributed by atoms with van der Waals surface area (Å²) in [6.45, 7) is 0. The lowest BCUT2D eigenvalue weighted by atomic mass is 10.1. The average molecular weight is 281 g/mol. The van der Waals surface area contributed by atoms with E-state index < -0.39 is 17.2 Å². The molecular weight excluding hydrogens is 272 g/mol. The maximum Gasteiger partial charge on any atom is 0.333 e. The highest BCUT2D eigenvalue weighted by atomic mass is 16.4. The van der Waals surface area contributed by atoms with Crippen molar-refractivity contribution in [2.75, 3.05) is 0 Å². The number of carbonyl (C=O) groups is 1. The molecule has 104 valence electrons. The van der Waals surface area contributed by atoms with Crippen LogP contribution in [0.4, 0.5) is 0 Å². The molecule has 1 N–H and O–H groups in total. The van der Waals surface area contributed by atoms with Crippen LogP contribution in [-0.2, 0) is 0 Å². The molecule has 0 aliphatic heterocycles. The quantitative estimate of drug-likeness (QED) is 0.717. The normalized spacial score (nSPS) is 10.7. The van der Waals surface area contributed by atoms with Crippen LogP contribution in [0.15, 0.2) is 58.1 Å². The molecule has 1 heterocycles. The first-order valence-electron chi connectivity index (χ1n) is 6.14. The molecule has 0 saturated carbocycles. The van der Waals surface area contributed by atoms with Gasteiger partial charge in [0.15, 0.2) is 0 Å². The molecule has 3 aromatic rings. The van der Waals surface area contributed by atoms with Gasteiger partial charge < -0.3 is 14.9 Å². The Bertz CT molecular complexity index is 955. The van der Waals surface area contributed by atoms with E-state index in [9.17, 15) is 19.5 Å². The fourth-order valence-corrected chi connectivity index (χ4v) is 2.16. The maximum atomic E-state index is 12.4. The van der Waals surface area contributed by atoms with Crippen molar-refractivity contribution in [2.45, 2.75) is 0 Å². The van der Waals surface area contributed by atoms with Crippen LogP contribution in [0.2, 0.25) is 0 Å². The summed E-state index contributed by atoms with van der Waals surface area (Å²) in [6.07, 6.45) is 0. The molecule has 0 aliphatic rings. The Morgan fingerprint density at radius 2 is 1.76 bits per heavy atom. The number of para-hydroxylation sites is 1. The molecule has 0 radical (unpaired) electrons. The van der Waals surface area contributed by atoms with E-state index in [1.54, 1.807) is 30.3 Å². The Labute approximate surface area is 117 Å². The summed E-state index contributed by atoms with van der Waals surface area (Å²) < 4.78 is 1.00. The number of benzene rings is 2. The molecule has 0 aliphatic carbocycles. The summed E-state index contributed by atoms with van der Waals surface area (Å²) in [7, 11) is 0. The van der Waals surface area contributed by atoms with Crippen molar-refractivity contribution >= 4 is 16.9 Å². The SMILES string of the molecule is O=C([O-])c1ccc2c(=O)n(-c3ccccc3)c(=O)[nH]c2c1. The number of nitrogens with one attached hydrogen (secondary N) is 1. The zero-order valence-corrected chi connectivity index (χ0v) is 10.7. The van der Waals surface area contributed by atoms with Gasteiger partial charge in [-0.15, -0.1) is 0 Å². The van der Waals surface area contributed by atoms with E-state index in [-0.39, 0.29) is 16.5 Å². The van der Waals surface area contributed by atoms with Crippen LogP contribution < -0.4 is 16.4 Å². The molecule has 0 spiro atoms. The molecule has 3 rings (SSSR count). The van der Waals surface area contributed by atoms with Crippen LogP contribution in [0.5, 0.6) is 0 Å². The number of aromatic nitrogens is 2. The minimum Gasteiger partial charge on any atom is -0.545 e. The van der Waals surface area contributed by atoms with Gasteiger partial charge in [-0.05, 0) is 29.8 Å². The highest BCUT2D eigenvalue weighted by Gasteiger charge is 2.09. The Morgan fingerprint density at radius 3 is 2.43 bits per heavy atom. The van der Waals surface area contributed by atoms with E-state index in [0.29, 0.717) is 5.69 Å². The lowest BCUT2D eigenvalue weighted by Crippen LogP contribution is -2.33. The monoisotopic (exact) mass is 281 g/mol. The number of carboxylic acid groups (broad SMARTS) is 1. The summed E-state index contributed by atoms with van der Waals surface area (Å²) >= 11 is 0. The molecule has 21 heavy (non-hydrogen) atoms. The fourth-order valence-electron chi connectivity index (χ4n) is 2.16. The van der Waals surface area contributed by atoms with Crippen molar-refractivity contribution in [3.8, 4) is 5.69 Å². The number of aromatic carboxylic acids is 1. The topological polar surface area (TPSA) is 95.0 Å². The third kappa shape index (κ3) is 2.12. The molecule has 0 fully saturated rings. The third-order valence-corrected chi connectivity index (χ3v) is 3.15. The minimum absolute atomic E-state index is 0.102. The van der Waals surface area contributed by atoms with Gasteiger partial charge in [0.2, 0.25) is 0 Å². The van der Waals surface area contributed by atoms with Gasteiger partial charge in [0.1, 0.15) is 0 Å². The molecule has 6 heteroatoms. The Kier molecular flexibility index (Phi) is 2.91. The van der Waals surface area contributed by atoms with Crippen molar-refractivity contribution < 1.29 is 9.90 Å². The van der Waals surface area contributed by atoms with Crippen LogP contribution in [0, 0.1) is 0 Å². The minimum atomic E-state index is -1.37. The number of carboxylic acids is 1. The molecular formula is C15H9N2O4-.